The van der Waals surface area contributed by atoms with Crippen molar-refractivity contribution in [2.45, 2.75) is 104 Å². The van der Waals surface area contributed by atoms with Crippen LogP contribution in [0.2, 0.25) is 0 Å². The van der Waals surface area contributed by atoms with E-state index < -0.39 is 5.60 Å². The minimum absolute atomic E-state index is 0.303. The van der Waals surface area contributed by atoms with Crippen molar-refractivity contribution in [1.29, 1.82) is 0 Å². The Hall–Kier alpha value is -0.770. The molecule has 0 spiro atoms. The quantitative estimate of drug-likeness (QED) is 0.495. The van der Waals surface area contributed by atoms with Gasteiger partial charge in [0.15, 0.2) is 0 Å². The van der Waals surface area contributed by atoms with E-state index in [1.807, 2.05) is 34.6 Å². The van der Waals surface area contributed by atoms with Crippen LogP contribution in [0.1, 0.15) is 92.9 Å². The molecule has 0 aliphatic rings. The first-order chi connectivity index (χ1) is 10.7. The summed E-state index contributed by atoms with van der Waals surface area (Å²) in [6.45, 7) is 13.7. The van der Waals surface area contributed by atoms with Crippen molar-refractivity contribution in [2.75, 3.05) is 13.1 Å². The monoisotopic (exact) mass is 328 g/mol. The molecule has 0 atom stereocenters. The zero-order chi connectivity index (χ0) is 17.8. The standard InChI is InChI=1S/C19H40N2O2/c1-7-8-9-10-11-12-13-14-15-20-16-19(5,6)21-17(22)23-18(2,3)4/h20H,7-16H2,1-6H3,(H,21,22). The van der Waals surface area contributed by atoms with Crippen LogP contribution in [0.25, 0.3) is 0 Å². The molecule has 0 aliphatic heterocycles. The molecule has 23 heavy (non-hydrogen) atoms. The molecule has 0 bridgehead atoms. The lowest BCUT2D eigenvalue weighted by molar-refractivity contribution is 0.0472. The van der Waals surface area contributed by atoms with Crippen molar-refractivity contribution in [3.63, 3.8) is 0 Å². The molecule has 0 rings (SSSR count). The van der Waals surface area contributed by atoms with Crippen molar-refractivity contribution in [3.05, 3.63) is 0 Å². The fourth-order valence-corrected chi connectivity index (χ4v) is 2.41. The van der Waals surface area contributed by atoms with Gasteiger partial charge in [0.25, 0.3) is 0 Å². The summed E-state index contributed by atoms with van der Waals surface area (Å²) < 4.78 is 5.30. The molecule has 0 fully saturated rings. The molecule has 4 heteroatoms. The van der Waals surface area contributed by atoms with Crippen LogP contribution in [-0.2, 0) is 4.74 Å². The van der Waals surface area contributed by atoms with Crippen molar-refractivity contribution in [2.24, 2.45) is 0 Å². The third-order valence-corrected chi connectivity index (χ3v) is 3.61. The number of carbonyl (C=O) groups is 1. The molecule has 0 aromatic carbocycles. The molecule has 0 saturated heterocycles. The van der Waals surface area contributed by atoms with Gasteiger partial charge in [-0.05, 0) is 47.6 Å². The molecular weight excluding hydrogens is 288 g/mol. The largest absolute Gasteiger partial charge is 0.444 e. The lowest BCUT2D eigenvalue weighted by atomic mass is 10.1. The van der Waals surface area contributed by atoms with Crippen LogP contribution in [-0.4, -0.2) is 30.3 Å². The number of alkyl carbamates (subject to hydrolysis) is 1. The summed E-state index contributed by atoms with van der Waals surface area (Å²) in [6.07, 6.45) is 10.3. The fourth-order valence-electron chi connectivity index (χ4n) is 2.41. The molecule has 0 aromatic heterocycles. The van der Waals surface area contributed by atoms with Gasteiger partial charge in [0.1, 0.15) is 5.60 Å². The first-order valence-corrected chi connectivity index (χ1v) is 9.38. The SMILES string of the molecule is CCCCCCCCCCNCC(C)(C)NC(=O)OC(C)(C)C. The molecule has 4 nitrogen and oxygen atoms in total. The maximum Gasteiger partial charge on any atom is 0.408 e. The number of hydrogen-bond acceptors (Lipinski definition) is 3. The fraction of sp³-hybridized carbons (Fsp3) is 0.947. The summed E-state index contributed by atoms with van der Waals surface area (Å²) in [6, 6.07) is 0. The molecule has 0 heterocycles. The molecule has 0 saturated carbocycles. The predicted octanol–water partition coefficient (Wildman–Crippen LogP) is 5.02. The van der Waals surface area contributed by atoms with Gasteiger partial charge < -0.3 is 15.4 Å². The van der Waals surface area contributed by atoms with E-state index in [9.17, 15) is 4.79 Å². The highest BCUT2D eigenvalue weighted by Crippen LogP contribution is 2.10. The Bertz CT molecular complexity index is 309. The Morgan fingerprint density at radius 3 is 1.91 bits per heavy atom. The van der Waals surface area contributed by atoms with E-state index in [0.717, 1.165) is 13.1 Å². The number of hydrogen-bond donors (Lipinski definition) is 2. The molecule has 2 N–H and O–H groups in total. The summed E-state index contributed by atoms with van der Waals surface area (Å²) >= 11 is 0. The topological polar surface area (TPSA) is 50.4 Å². The van der Waals surface area contributed by atoms with Gasteiger partial charge in [0.2, 0.25) is 0 Å². The Morgan fingerprint density at radius 2 is 1.39 bits per heavy atom. The normalized spacial score (nSPS) is 12.3. The molecule has 138 valence electrons. The van der Waals surface area contributed by atoms with E-state index >= 15 is 0 Å². The molecule has 0 unspecified atom stereocenters. The molecular formula is C19H40N2O2. The molecule has 0 aliphatic carbocycles. The Morgan fingerprint density at radius 1 is 0.870 bits per heavy atom. The summed E-state index contributed by atoms with van der Waals surface area (Å²) in [5.41, 5.74) is -0.757. The van der Waals surface area contributed by atoms with E-state index in [1.165, 1.54) is 51.4 Å². The van der Waals surface area contributed by atoms with Crippen LogP contribution >= 0.6 is 0 Å². The van der Waals surface area contributed by atoms with Gasteiger partial charge in [-0.15, -0.1) is 0 Å². The van der Waals surface area contributed by atoms with Gasteiger partial charge in [0, 0.05) is 6.54 Å². The highest BCUT2D eigenvalue weighted by Gasteiger charge is 2.23. The summed E-state index contributed by atoms with van der Waals surface area (Å²) in [5, 5.41) is 6.35. The highest BCUT2D eigenvalue weighted by atomic mass is 16.6. The minimum Gasteiger partial charge on any atom is -0.444 e. The van der Waals surface area contributed by atoms with Crippen molar-refractivity contribution < 1.29 is 9.53 Å². The number of amides is 1. The van der Waals surface area contributed by atoms with Gasteiger partial charge in [-0.1, -0.05) is 51.9 Å². The number of ether oxygens (including phenoxy) is 1. The number of rotatable bonds is 12. The molecule has 0 aromatic rings. The van der Waals surface area contributed by atoms with E-state index in [-0.39, 0.29) is 11.6 Å². The average molecular weight is 329 g/mol. The Kier molecular flexibility index (Phi) is 11.3. The van der Waals surface area contributed by atoms with Crippen molar-refractivity contribution >= 4 is 6.09 Å². The van der Waals surface area contributed by atoms with Gasteiger partial charge in [-0.2, -0.15) is 0 Å². The third kappa shape index (κ3) is 15.9. The van der Waals surface area contributed by atoms with Crippen LogP contribution in [0.15, 0.2) is 0 Å². The third-order valence-electron chi connectivity index (χ3n) is 3.61. The first-order valence-electron chi connectivity index (χ1n) is 9.38. The van der Waals surface area contributed by atoms with Crippen LogP contribution in [0, 0.1) is 0 Å². The Balaban J connectivity index is 3.61. The van der Waals surface area contributed by atoms with Crippen LogP contribution in [0.3, 0.4) is 0 Å². The van der Waals surface area contributed by atoms with Crippen LogP contribution in [0.5, 0.6) is 0 Å². The van der Waals surface area contributed by atoms with Gasteiger partial charge in [0.05, 0.1) is 5.54 Å². The summed E-state index contributed by atoms with van der Waals surface area (Å²) in [5.74, 6) is 0. The highest BCUT2D eigenvalue weighted by molar-refractivity contribution is 5.68. The van der Waals surface area contributed by atoms with E-state index in [1.54, 1.807) is 0 Å². The predicted molar refractivity (Wildman–Crippen MR) is 98.9 cm³/mol. The minimum atomic E-state index is -0.454. The number of nitrogens with one attached hydrogen (secondary N) is 2. The van der Waals surface area contributed by atoms with Gasteiger partial charge in [-0.3, -0.25) is 0 Å². The average Bonchev–Trinajstić information content (AvgIpc) is 2.37. The van der Waals surface area contributed by atoms with Crippen LogP contribution < -0.4 is 10.6 Å². The van der Waals surface area contributed by atoms with Gasteiger partial charge >= 0.3 is 6.09 Å². The summed E-state index contributed by atoms with van der Waals surface area (Å²) in [7, 11) is 0. The molecule has 0 radical (unpaired) electrons. The van der Waals surface area contributed by atoms with Crippen LogP contribution in [0.4, 0.5) is 4.79 Å². The van der Waals surface area contributed by atoms with Crippen molar-refractivity contribution in [3.8, 4) is 0 Å². The van der Waals surface area contributed by atoms with Gasteiger partial charge in [-0.25, -0.2) is 4.79 Å². The lowest BCUT2D eigenvalue weighted by Crippen LogP contribution is -2.51. The number of carbonyl (C=O) groups excluding carboxylic acids is 1. The zero-order valence-electron chi connectivity index (χ0n) is 16.4. The zero-order valence-corrected chi connectivity index (χ0v) is 16.4. The smallest absolute Gasteiger partial charge is 0.408 e. The van der Waals surface area contributed by atoms with E-state index in [2.05, 4.69) is 17.6 Å². The Labute approximate surface area is 144 Å². The van der Waals surface area contributed by atoms with E-state index in [4.69, 9.17) is 4.74 Å². The van der Waals surface area contributed by atoms with E-state index in [0.29, 0.717) is 0 Å². The summed E-state index contributed by atoms with van der Waals surface area (Å²) in [4.78, 5) is 11.8. The first kappa shape index (κ1) is 22.2. The molecule has 1 amide bonds. The second kappa shape index (κ2) is 11.7. The second-order valence-corrected chi connectivity index (χ2v) is 8.16. The number of unbranched alkanes of at least 4 members (excludes halogenated alkanes) is 7. The van der Waals surface area contributed by atoms with Crippen molar-refractivity contribution in [1.82, 2.24) is 10.6 Å². The maximum absolute atomic E-state index is 11.8. The second-order valence-electron chi connectivity index (χ2n) is 8.16. The lowest BCUT2D eigenvalue weighted by Gasteiger charge is -2.29. The maximum atomic E-state index is 11.8.